The van der Waals surface area contributed by atoms with Crippen molar-refractivity contribution in [3.8, 4) is 0 Å². The van der Waals surface area contributed by atoms with Crippen LogP contribution in [-0.4, -0.2) is 30.4 Å². The van der Waals surface area contributed by atoms with Gasteiger partial charge in [-0.1, -0.05) is 32.4 Å². The van der Waals surface area contributed by atoms with E-state index in [0.29, 0.717) is 0 Å². The van der Waals surface area contributed by atoms with Gasteiger partial charge < -0.3 is 10.2 Å². The normalized spacial score (nSPS) is 17.3. The van der Waals surface area contributed by atoms with Crippen LogP contribution in [0.4, 0.5) is 5.69 Å². The minimum absolute atomic E-state index is 0.165. The van der Waals surface area contributed by atoms with Crippen molar-refractivity contribution < 1.29 is 4.79 Å². The first-order valence-corrected chi connectivity index (χ1v) is 7.57. The molecule has 20 heavy (non-hydrogen) atoms. The molecule has 1 N–H and O–H groups in total. The quantitative estimate of drug-likeness (QED) is 0.908. The van der Waals surface area contributed by atoms with Gasteiger partial charge in [-0.05, 0) is 37.3 Å². The molecule has 1 aromatic carbocycles. The number of nitrogens with zero attached hydrogens (tertiary/aromatic N) is 1. The molecule has 2 rings (SSSR count). The van der Waals surface area contributed by atoms with Crippen LogP contribution in [0, 0.1) is 12.3 Å². The highest BCUT2D eigenvalue weighted by molar-refractivity contribution is 6.00. The van der Waals surface area contributed by atoms with Crippen LogP contribution in [0.3, 0.4) is 0 Å². The van der Waals surface area contributed by atoms with E-state index < -0.39 is 0 Å². The molecular weight excluding hydrogens is 248 g/mol. The summed E-state index contributed by atoms with van der Waals surface area (Å²) in [6.07, 6.45) is 2.14. The van der Waals surface area contributed by atoms with Gasteiger partial charge in [0.1, 0.15) is 0 Å². The fourth-order valence-corrected chi connectivity index (χ4v) is 2.70. The number of rotatable bonds is 4. The van der Waals surface area contributed by atoms with Gasteiger partial charge in [0.15, 0.2) is 0 Å². The second-order valence-corrected chi connectivity index (χ2v) is 6.62. The maximum atomic E-state index is 12.8. The predicted molar refractivity (Wildman–Crippen MR) is 84.3 cm³/mol. The minimum atomic E-state index is 0.165. The molecule has 0 bridgehead atoms. The third-order valence-corrected chi connectivity index (χ3v) is 3.94. The van der Waals surface area contributed by atoms with Gasteiger partial charge in [-0.25, -0.2) is 0 Å². The summed E-state index contributed by atoms with van der Waals surface area (Å²) in [5.74, 6) is 0.165. The van der Waals surface area contributed by atoms with Crippen LogP contribution in [0.25, 0.3) is 0 Å². The SMILES string of the molecule is CCCNc1ccc(C)cc1C(=O)N1CCC(C)(C)C1. The molecule has 110 valence electrons. The van der Waals surface area contributed by atoms with E-state index in [2.05, 4.69) is 32.2 Å². The second kappa shape index (κ2) is 5.86. The Kier molecular flexibility index (Phi) is 4.36. The number of benzene rings is 1. The Morgan fingerprint density at radius 3 is 2.75 bits per heavy atom. The summed E-state index contributed by atoms with van der Waals surface area (Å²) in [6, 6.07) is 6.09. The standard InChI is InChI=1S/C17H26N2O/c1-5-9-18-15-7-6-13(2)11-14(15)16(20)19-10-8-17(3,4)12-19/h6-7,11,18H,5,8-10,12H2,1-4H3. The lowest BCUT2D eigenvalue weighted by Gasteiger charge is -2.21. The number of nitrogens with one attached hydrogen (secondary N) is 1. The van der Waals surface area contributed by atoms with E-state index in [1.54, 1.807) is 0 Å². The summed E-state index contributed by atoms with van der Waals surface area (Å²) in [5.41, 5.74) is 3.16. The van der Waals surface area contributed by atoms with Crippen LogP contribution in [0.5, 0.6) is 0 Å². The molecule has 1 fully saturated rings. The summed E-state index contributed by atoms with van der Waals surface area (Å²) in [4.78, 5) is 14.7. The minimum Gasteiger partial charge on any atom is -0.384 e. The monoisotopic (exact) mass is 274 g/mol. The highest BCUT2D eigenvalue weighted by Gasteiger charge is 2.33. The zero-order valence-corrected chi connectivity index (χ0v) is 13.1. The molecule has 3 heteroatoms. The van der Waals surface area contributed by atoms with E-state index >= 15 is 0 Å². The first-order valence-electron chi connectivity index (χ1n) is 7.57. The van der Waals surface area contributed by atoms with Crippen LogP contribution in [0.2, 0.25) is 0 Å². The van der Waals surface area contributed by atoms with Crippen molar-refractivity contribution in [3.63, 3.8) is 0 Å². The van der Waals surface area contributed by atoms with Gasteiger partial charge >= 0.3 is 0 Å². The zero-order chi connectivity index (χ0) is 14.8. The summed E-state index contributed by atoms with van der Waals surface area (Å²) in [5, 5.41) is 3.37. The van der Waals surface area contributed by atoms with Gasteiger partial charge in [-0.2, -0.15) is 0 Å². The fraction of sp³-hybridized carbons (Fsp3) is 0.588. The van der Waals surface area contributed by atoms with Crippen molar-refractivity contribution in [1.82, 2.24) is 4.90 Å². The predicted octanol–water partition coefficient (Wildman–Crippen LogP) is 3.69. The Balaban J connectivity index is 2.22. The summed E-state index contributed by atoms with van der Waals surface area (Å²) < 4.78 is 0. The maximum absolute atomic E-state index is 12.8. The van der Waals surface area contributed by atoms with E-state index in [1.165, 1.54) is 0 Å². The number of carbonyl (C=O) groups is 1. The van der Waals surface area contributed by atoms with Crippen molar-refractivity contribution in [2.75, 3.05) is 25.0 Å². The molecule has 0 radical (unpaired) electrons. The molecule has 1 aliphatic heterocycles. The molecule has 1 heterocycles. The molecular formula is C17H26N2O. The zero-order valence-electron chi connectivity index (χ0n) is 13.1. The number of anilines is 1. The summed E-state index contributed by atoms with van der Waals surface area (Å²) in [7, 11) is 0. The van der Waals surface area contributed by atoms with E-state index in [4.69, 9.17) is 0 Å². The second-order valence-electron chi connectivity index (χ2n) is 6.62. The van der Waals surface area contributed by atoms with Gasteiger partial charge in [-0.15, -0.1) is 0 Å². The number of amides is 1. The third-order valence-electron chi connectivity index (χ3n) is 3.94. The van der Waals surface area contributed by atoms with E-state index in [0.717, 1.165) is 49.3 Å². The Morgan fingerprint density at radius 1 is 1.40 bits per heavy atom. The molecule has 0 aliphatic carbocycles. The van der Waals surface area contributed by atoms with Crippen LogP contribution in [-0.2, 0) is 0 Å². The van der Waals surface area contributed by atoms with E-state index in [9.17, 15) is 4.79 Å². The van der Waals surface area contributed by atoms with Gasteiger partial charge in [0.25, 0.3) is 5.91 Å². The van der Waals surface area contributed by atoms with Crippen molar-refractivity contribution in [1.29, 1.82) is 0 Å². The summed E-state index contributed by atoms with van der Waals surface area (Å²) in [6.45, 7) is 11.2. The fourth-order valence-electron chi connectivity index (χ4n) is 2.70. The highest BCUT2D eigenvalue weighted by atomic mass is 16.2. The maximum Gasteiger partial charge on any atom is 0.255 e. The Bertz CT molecular complexity index is 494. The largest absolute Gasteiger partial charge is 0.384 e. The van der Waals surface area contributed by atoms with Crippen LogP contribution < -0.4 is 5.32 Å². The number of hydrogen-bond acceptors (Lipinski definition) is 2. The average molecular weight is 274 g/mol. The van der Waals surface area contributed by atoms with Gasteiger partial charge in [0.2, 0.25) is 0 Å². The number of hydrogen-bond donors (Lipinski definition) is 1. The van der Waals surface area contributed by atoms with Crippen LogP contribution >= 0.6 is 0 Å². The number of aryl methyl sites for hydroxylation is 1. The van der Waals surface area contributed by atoms with E-state index in [1.807, 2.05) is 24.0 Å². The number of likely N-dealkylation sites (tertiary alicyclic amines) is 1. The molecule has 1 aliphatic rings. The lowest BCUT2D eigenvalue weighted by atomic mass is 9.93. The lowest BCUT2D eigenvalue weighted by molar-refractivity contribution is 0.0779. The van der Waals surface area contributed by atoms with Crippen molar-refractivity contribution >= 4 is 11.6 Å². The molecule has 0 saturated carbocycles. The molecule has 0 atom stereocenters. The topological polar surface area (TPSA) is 32.3 Å². The molecule has 0 aromatic heterocycles. The molecule has 1 aromatic rings. The van der Waals surface area contributed by atoms with Gasteiger partial charge in [-0.3, -0.25) is 4.79 Å². The molecule has 1 saturated heterocycles. The first-order chi connectivity index (χ1) is 9.43. The van der Waals surface area contributed by atoms with Crippen LogP contribution in [0.1, 0.15) is 49.5 Å². The van der Waals surface area contributed by atoms with Crippen molar-refractivity contribution in [2.45, 2.75) is 40.5 Å². The summed E-state index contributed by atoms with van der Waals surface area (Å²) >= 11 is 0. The molecule has 1 amide bonds. The third kappa shape index (κ3) is 3.33. The van der Waals surface area contributed by atoms with Crippen molar-refractivity contribution in [3.05, 3.63) is 29.3 Å². The Morgan fingerprint density at radius 2 is 2.15 bits per heavy atom. The lowest BCUT2D eigenvalue weighted by Crippen LogP contribution is -2.31. The Hall–Kier alpha value is -1.51. The van der Waals surface area contributed by atoms with Gasteiger partial charge in [0.05, 0.1) is 5.56 Å². The van der Waals surface area contributed by atoms with Crippen molar-refractivity contribution in [2.24, 2.45) is 5.41 Å². The average Bonchev–Trinajstić information content (AvgIpc) is 2.77. The number of carbonyl (C=O) groups excluding carboxylic acids is 1. The first kappa shape index (κ1) is 14.9. The molecule has 3 nitrogen and oxygen atoms in total. The highest BCUT2D eigenvalue weighted by Crippen LogP contribution is 2.31. The van der Waals surface area contributed by atoms with Gasteiger partial charge in [0, 0.05) is 25.3 Å². The Labute approximate surface area is 122 Å². The molecule has 0 spiro atoms. The smallest absolute Gasteiger partial charge is 0.255 e. The van der Waals surface area contributed by atoms with E-state index in [-0.39, 0.29) is 11.3 Å². The molecule has 0 unspecified atom stereocenters. The van der Waals surface area contributed by atoms with Crippen LogP contribution in [0.15, 0.2) is 18.2 Å².